The van der Waals surface area contributed by atoms with Crippen molar-refractivity contribution in [3.05, 3.63) is 35.9 Å². The van der Waals surface area contributed by atoms with Crippen LogP contribution < -0.4 is 5.32 Å². The maximum atomic E-state index is 3.59. The molecule has 0 radical (unpaired) electrons. The summed E-state index contributed by atoms with van der Waals surface area (Å²) in [4.78, 5) is 2.57. The minimum atomic E-state index is 0.609. The van der Waals surface area contributed by atoms with E-state index in [9.17, 15) is 0 Å². The van der Waals surface area contributed by atoms with Crippen molar-refractivity contribution in [2.24, 2.45) is 0 Å². The average Bonchev–Trinajstić information content (AvgIpc) is 2.82. The van der Waals surface area contributed by atoms with Crippen molar-refractivity contribution >= 4 is 0 Å². The van der Waals surface area contributed by atoms with Crippen molar-refractivity contribution in [2.75, 3.05) is 13.1 Å². The van der Waals surface area contributed by atoms with Crippen LogP contribution in [0.1, 0.15) is 32.3 Å². The molecule has 0 bridgehead atoms. The second-order valence-electron chi connectivity index (χ2n) is 5.30. The molecule has 17 heavy (non-hydrogen) atoms. The molecule has 1 aliphatic heterocycles. The summed E-state index contributed by atoms with van der Waals surface area (Å²) in [7, 11) is 0. The van der Waals surface area contributed by atoms with E-state index in [2.05, 4.69) is 54.4 Å². The zero-order chi connectivity index (χ0) is 12.1. The van der Waals surface area contributed by atoms with E-state index in [1.165, 1.54) is 31.5 Å². The van der Waals surface area contributed by atoms with Gasteiger partial charge in [-0.1, -0.05) is 30.3 Å². The van der Waals surface area contributed by atoms with Gasteiger partial charge in [-0.25, -0.2) is 0 Å². The van der Waals surface area contributed by atoms with Crippen molar-refractivity contribution in [3.63, 3.8) is 0 Å². The van der Waals surface area contributed by atoms with Crippen LogP contribution in [0, 0.1) is 0 Å². The number of benzene rings is 1. The Kier molecular flexibility index (Phi) is 4.57. The van der Waals surface area contributed by atoms with E-state index < -0.39 is 0 Å². The Labute approximate surface area is 105 Å². The van der Waals surface area contributed by atoms with Crippen LogP contribution in [0.5, 0.6) is 0 Å². The highest BCUT2D eigenvalue weighted by Crippen LogP contribution is 2.12. The van der Waals surface area contributed by atoms with Crippen LogP contribution in [-0.4, -0.2) is 30.1 Å². The topological polar surface area (TPSA) is 15.3 Å². The third kappa shape index (κ3) is 3.83. The number of hydrogen-bond acceptors (Lipinski definition) is 2. The predicted octanol–water partition coefficient (Wildman–Crippen LogP) is 2.65. The Balaban J connectivity index is 1.92. The SMILES string of the molecule is CC(C)N(Cc1ccccc1)CC1CCCN1. The fourth-order valence-electron chi connectivity index (χ4n) is 2.47. The van der Waals surface area contributed by atoms with Crippen LogP contribution in [-0.2, 0) is 6.54 Å². The smallest absolute Gasteiger partial charge is 0.0237 e. The lowest BCUT2D eigenvalue weighted by Gasteiger charge is -2.29. The van der Waals surface area contributed by atoms with Gasteiger partial charge in [0.25, 0.3) is 0 Å². The first-order valence-electron chi connectivity index (χ1n) is 6.77. The van der Waals surface area contributed by atoms with Crippen LogP contribution in [0.4, 0.5) is 0 Å². The molecule has 1 fully saturated rings. The van der Waals surface area contributed by atoms with Crippen molar-refractivity contribution < 1.29 is 0 Å². The molecule has 1 unspecified atom stereocenters. The molecule has 94 valence electrons. The molecule has 0 saturated carbocycles. The van der Waals surface area contributed by atoms with Gasteiger partial charge in [0.2, 0.25) is 0 Å². The number of rotatable bonds is 5. The summed E-state index contributed by atoms with van der Waals surface area (Å²) in [6.45, 7) is 8.01. The van der Waals surface area contributed by atoms with E-state index in [0.29, 0.717) is 12.1 Å². The second-order valence-corrected chi connectivity index (χ2v) is 5.30. The third-order valence-electron chi connectivity index (χ3n) is 3.58. The molecule has 1 aromatic carbocycles. The van der Waals surface area contributed by atoms with Gasteiger partial charge >= 0.3 is 0 Å². The maximum Gasteiger partial charge on any atom is 0.0237 e. The average molecular weight is 232 g/mol. The highest BCUT2D eigenvalue weighted by Gasteiger charge is 2.19. The Morgan fingerprint density at radius 2 is 2.06 bits per heavy atom. The summed E-state index contributed by atoms with van der Waals surface area (Å²) in [5.41, 5.74) is 1.42. The Bertz CT molecular complexity index is 315. The van der Waals surface area contributed by atoms with Gasteiger partial charge in [-0.2, -0.15) is 0 Å². The molecule has 0 amide bonds. The lowest BCUT2D eigenvalue weighted by molar-refractivity contribution is 0.194. The van der Waals surface area contributed by atoms with E-state index >= 15 is 0 Å². The van der Waals surface area contributed by atoms with Gasteiger partial charge in [0.05, 0.1) is 0 Å². The Morgan fingerprint density at radius 3 is 2.65 bits per heavy atom. The Morgan fingerprint density at radius 1 is 1.29 bits per heavy atom. The first-order valence-corrected chi connectivity index (χ1v) is 6.77. The summed E-state index contributed by atoms with van der Waals surface area (Å²) in [6, 6.07) is 12.1. The monoisotopic (exact) mass is 232 g/mol. The standard InChI is InChI=1S/C15H24N2/c1-13(2)17(12-15-9-6-10-16-15)11-14-7-4-3-5-8-14/h3-5,7-8,13,15-16H,6,9-12H2,1-2H3. The molecule has 0 spiro atoms. The summed E-state index contributed by atoms with van der Waals surface area (Å²) in [6.07, 6.45) is 2.67. The van der Waals surface area contributed by atoms with Gasteiger partial charge in [0, 0.05) is 25.2 Å². The van der Waals surface area contributed by atoms with Crippen molar-refractivity contribution in [2.45, 2.75) is 45.3 Å². The normalized spacial score (nSPS) is 20.4. The van der Waals surface area contributed by atoms with Crippen LogP contribution in [0.15, 0.2) is 30.3 Å². The summed E-state index contributed by atoms with van der Waals surface area (Å²) in [5.74, 6) is 0. The highest BCUT2D eigenvalue weighted by atomic mass is 15.2. The molecule has 0 aliphatic carbocycles. The zero-order valence-electron chi connectivity index (χ0n) is 11.0. The first kappa shape index (κ1) is 12.6. The molecule has 2 heteroatoms. The second kappa shape index (κ2) is 6.18. The molecule has 1 aliphatic rings. The van der Waals surface area contributed by atoms with E-state index in [4.69, 9.17) is 0 Å². The minimum Gasteiger partial charge on any atom is -0.313 e. The van der Waals surface area contributed by atoms with Gasteiger partial charge in [-0.05, 0) is 38.8 Å². The van der Waals surface area contributed by atoms with Gasteiger partial charge < -0.3 is 5.32 Å². The lowest BCUT2D eigenvalue weighted by Crippen LogP contribution is -2.40. The Hall–Kier alpha value is -0.860. The van der Waals surface area contributed by atoms with Crippen LogP contribution in [0.3, 0.4) is 0 Å². The molecule has 0 aromatic heterocycles. The molecule has 2 rings (SSSR count). The maximum absolute atomic E-state index is 3.59. The molecule has 1 aromatic rings. The number of nitrogens with one attached hydrogen (secondary N) is 1. The zero-order valence-corrected chi connectivity index (χ0v) is 11.0. The van der Waals surface area contributed by atoms with Crippen LogP contribution in [0.2, 0.25) is 0 Å². The largest absolute Gasteiger partial charge is 0.313 e. The summed E-state index contributed by atoms with van der Waals surface area (Å²) < 4.78 is 0. The van der Waals surface area contributed by atoms with Crippen LogP contribution in [0.25, 0.3) is 0 Å². The predicted molar refractivity (Wildman–Crippen MR) is 73.0 cm³/mol. The molecule has 1 saturated heterocycles. The van der Waals surface area contributed by atoms with Gasteiger partial charge in [-0.3, -0.25) is 4.90 Å². The molecule has 1 atom stereocenters. The van der Waals surface area contributed by atoms with Gasteiger partial charge in [0.15, 0.2) is 0 Å². The van der Waals surface area contributed by atoms with E-state index in [1.54, 1.807) is 0 Å². The number of nitrogens with zero attached hydrogens (tertiary/aromatic N) is 1. The molecule has 1 heterocycles. The highest BCUT2D eigenvalue weighted by molar-refractivity contribution is 5.14. The van der Waals surface area contributed by atoms with Crippen LogP contribution >= 0.6 is 0 Å². The number of hydrogen-bond donors (Lipinski definition) is 1. The molecular formula is C15H24N2. The molecule has 2 nitrogen and oxygen atoms in total. The van der Waals surface area contributed by atoms with Crippen molar-refractivity contribution in [1.82, 2.24) is 10.2 Å². The van der Waals surface area contributed by atoms with E-state index in [1.807, 2.05) is 0 Å². The molecule has 1 N–H and O–H groups in total. The van der Waals surface area contributed by atoms with Crippen molar-refractivity contribution in [3.8, 4) is 0 Å². The quantitative estimate of drug-likeness (QED) is 0.839. The van der Waals surface area contributed by atoms with E-state index in [0.717, 1.165) is 6.54 Å². The minimum absolute atomic E-state index is 0.609. The van der Waals surface area contributed by atoms with Gasteiger partial charge in [0.1, 0.15) is 0 Å². The summed E-state index contributed by atoms with van der Waals surface area (Å²) in [5, 5.41) is 3.59. The first-order chi connectivity index (χ1) is 8.25. The summed E-state index contributed by atoms with van der Waals surface area (Å²) >= 11 is 0. The fourth-order valence-corrected chi connectivity index (χ4v) is 2.47. The van der Waals surface area contributed by atoms with Crippen molar-refractivity contribution in [1.29, 1.82) is 0 Å². The molecular weight excluding hydrogens is 208 g/mol. The lowest BCUT2D eigenvalue weighted by atomic mass is 10.1. The van der Waals surface area contributed by atoms with E-state index in [-0.39, 0.29) is 0 Å². The van der Waals surface area contributed by atoms with Gasteiger partial charge in [-0.15, -0.1) is 0 Å². The third-order valence-corrected chi connectivity index (χ3v) is 3.58. The fraction of sp³-hybridized carbons (Fsp3) is 0.600.